The Hall–Kier alpha value is -2.47. The van der Waals surface area contributed by atoms with Crippen LogP contribution in [0, 0.1) is 11.3 Å². The molecule has 6 nitrogen and oxygen atoms in total. The predicted molar refractivity (Wildman–Crippen MR) is 66.5 cm³/mol. The molecule has 0 unspecified atom stereocenters. The third-order valence-corrected chi connectivity index (χ3v) is 2.14. The zero-order valence-electron chi connectivity index (χ0n) is 10.9. The molecule has 9 heteroatoms. The molecule has 0 radical (unpaired) electrons. The van der Waals surface area contributed by atoms with Gasteiger partial charge in [-0.1, -0.05) is 0 Å². The Morgan fingerprint density at radius 3 is 2.71 bits per heavy atom. The van der Waals surface area contributed by atoms with Gasteiger partial charge in [0.1, 0.15) is 11.8 Å². The smallest absolute Gasteiger partial charge is 0.404 e. The van der Waals surface area contributed by atoms with E-state index in [0.717, 1.165) is 18.2 Å². The van der Waals surface area contributed by atoms with Crippen LogP contribution in [0.2, 0.25) is 0 Å². The number of benzene rings is 1. The van der Waals surface area contributed by atoms with Gasteiger partial charge in [0.25, 0.3) is 0 Å². The van der Waals surface area contributed by atoms with E-state index in [-0.39, 0.29) is 17.8 Å². The third-order valence-electron chi connectivity index (χ3n) is 2.14. The van der Waals surface area contributed by atoms with Crippen LogP contribution in [-0.4, -0.2) is 30.1 Å². The molecule has 0 spiro atoms. The first-order chi connectivity index (χ1) is 9.71. The van der Waals surface area contributed by atoms with Crippen molar-refractivity contribution < 1.29 is 27.8 Å². The van der Waals surface area contributed by atoms with E-state index in [1.54, 1.807) is 6.07 Å². The van der Waals surface area contributed by atoms with Gasteiger partial charge in [0.2, 0.25) is 0 Å². The zero-order chi connectivity index (χ0) is 16.0. The highest BCUT2D eigenvalue weighted by Gasteiger charge is 2.32. The molecule has 21 heavy (non-hydrogen) atoms. The number of alkyl halides is 3. The van der Waals surface area contributed by atoms with Gasteiger partial charge >= 0.3 is 12.4 Å². The molecule has 3 N–H and O–H groups in total. The molecule has 1 atom stereocenters. The molecule has 0 aliphatic carbocycles. The average Bonchev–Trinajstić information content (AvgIpc) is 2.36. The SMILES string of the molecule is C[C@H](O)CNC(=O)Nc1ccc(OC(F)(F)F)c(C#N)c1. The summed E-state index contributed by atoms with van der Waals surface area (Å²) in [6.45, 7) is 1.48. The van der Waals surface area contributed by atoms with Gasteiger partial charge in [-0.2, -0.15) is 5.26 Å². The number of hydrogen-bond acceptors (Lipinski definition) is 4. The quantitative estimate of drug-likeness (QED) is 0.792. The fraction of sp³-hybridized carbons (Fsp3) is 0.333. The first-order valence-corrected chi connectivity index (χ1v) is 5.74. The van der Waals surface area contributed by atoms with E-state index in [4.69, 9.17) is 10.4 Å². The maximum atomic E-state index is 12.1. The summed E-state index contributed by atoms with van der Waals surface area (Å²) in [4.78, 5) is 11.4. The first-order valence-electron chi connectivity index (χ1n) is 5.74. The maximum absolute atomic E-state index is 12.1. The molecule has 0 bridgehead atoms. The lowest BCUT2D eigenvalue weighted by molar-refractivity contribution is -0.274. The highest BCUT2D eigenvalue weighted by atomic mass is 19.4. The number of nitrogens with one attached hydrogen (secondary N) is 2. The summed E-state index contributed by atoms with van der Waals surface area (Å²) in [5.41, 5.74) is -0.259. The predicted octanol–water partition coefficient (Wildman–Crippen LogP) is 1.96. The molecule has 0 aromatic heterocycles. The fourth-order valence-electron chi connectivity index (χ4n) is 1.32. The van der Waals surface area contributed by atoms with Crippen LogP contribution in [0.25, 0.3) is 0 Å². The van der Waals surface area contributed by atoms with E-state index in [9.17, 15) is 18.0 Å². The Labute approximate surface area is 118 Å². The second kappa shape index (κ2) is 6.81. The van der Waals surface area contributed by atoms with Crippen molar-refractivity contribution in [2.75, 3.05) is 11.9 Å². The van der Waals surface area contributed by atoms with Crippen molar-refractivity contribution in [3.05, 3.63) is 23.8 Å². The van der Waals surface area contributed by atoms with Gasteiger partial charge in [-0.15, -0.1) is 13.2 Å². The summed E-state index contributed by atoms with van der Waals surface area (Å²) in [7, 11) is 0. The molecule has 0 saturated heterocycles. The lowest BCUT2D eigenvalue weighted by Crippen LogP contribution is -2.34. The number of rotatable bonds is 4. The molecule has 2 amide bonds. The monoisotopic (exact) mass is 303 g/mol. The number of carbonyl (C=O) groups excluding carboxylic acids is 1. The summed E-state index contributed by atoms with van der Waals surface area (Å²) < 4.78 is 40.0. The van der Waals surface area contributed by atoms with Crippen molar-refractivity contribution in [2.45, 2.75) is 19.4 Å². The second-order valence-corrected chi connectivity index (χ2v) is 4.05. The number of amides is 2. The summed E-state index contributed by atoms with van der Waals surface area (Å²) in [6.07, 6.45) is -5.65. The first kappa shape index (κ1) is 16.6. The summed E-state index contributed by atoms with van der Waals surface area (Å²) >= 11 is 0. The number of hydrogen-bond donors (Lipinski definition) is 3. The van der Waals surface area contributed by atoms with E-state index in [0.29, 0.717) is 0 Å². The number of anilines is 1. The molecule has 0 aliphatic rings. The van der Waals surface area contributed by atoms with E-state index in [1.807, 2.05) is 0 Å². The van der Waals surface area contributed by atoms with Crippen LogP contribution in [0.15, 0.2) is 18.2 Å². The number of nitrogens with zero attached hydrogens (tertiary/aromatic N) is 1. The Morgan fingerprint density at radius 2 is 2.19 bits per heavy atom. The molecular formula is C12H12F3N3O3. The van der Waals surface area contributed by atoms with Gasteiger partial charge in [0, 0.05) is 12.2 Å². The van der Waals surface area contributed by atoms with Gasteiger partial charge in [0.05, 0.1) is 11.7 Å². The minimum absolute atomic E-state index is 0.00616. The molecule has 0 saturated carbocycles. The van der Waals surface area contributed by atoms with Gasteiger partial charge in [-0.05, 0) is 25.1 Å². The van der Waals surface area contributed by atoms with Gasteiger partial charge in [0.15, 0.2) is 0 Å². The Kier molecular flexibility index (Phi) is 5.37. The standard InChI is InChI=1S/C12H12F3N3O3/c1-7(19)6-17-11(20)18-9-2-3-10(8(4-9)5-16)21-12(13,14)15/h2-4,7,19H,6H2,1H3,(H2,17,18,20)/t7-/m0/s1. The van der Waals surface area contributed by atoms with Crippen LogP contribution in [0.5, 0.6) is 5.75 Å². The second-order valence-electron chi connectivity index (χ2n) is 4.05. The number of urea groups is 1. The van der Waals surface area contributed by atoms with Crippen LogP contribution >= 0.6 is 0 Å². The lowest BCUT2D eigenvalue weighted by atomic mass is 10.2. The van der Waals surface area contributed by atoms with Crippen LogP contribution < -0.4 is 15.4 Å². The van der Waals surface area contributed by atoms with E-state index in [2.05, 4.69) is 15.4 Å². The number of aliphatic hydroxyl groups is 1. The van der Waals surface area contributed by atoms with Gasteiger partial charge in [-0.3, -0.25) is 0 Å². The number of carbonyl (C=O) groups is 1. The normalized spacial score (nSPS) is 12.2. The summed E-state index contributed by atoms with van der Waals surface area (Å²) in [6, 6.07) is 4.01. The molecular weight excluding hydrogens is 291 g/mol. The van der Waals surface area contributed by atoms with Crippen molar-refractivity contribution in [3.8, 4) is 11.8 Å². The molecule has 0 aliphatic heterocycles. The van der Waals surface area contributed by atoms with E-state index < -0.39 is 24.2 Å². The Balaban J connectivity index is 2.79. The van der Waals surface area contributed by atoms with Crippen molar-refractivity contribution >= 4 is 11.7 Å². The average molecular weight is 303 g/mol. The molecule has 114 valence electrons. The van der Waals surface area contributed by atoms with Gasteiger partial charge in [-0.25, -0.2) is 4.79 Å². The van der Waals surface area contributed by atoms with E-state index >= 15 is 0 Å². The van der Waals surface area contributed by atoms with Crippen molar-refractivity contribution in [2.24, 2.45) is 0 Å². The largest absolute Gasteiger partial charge is 0.573 e. The molecule has 1 aromatic rings. The van der Waals surface area contributed by atoms with Crippen molar-refractivity contribution in [1.82, 2.24) is 5.32 Å². The highest BCUT2D eigenvalue weighted by molar-refractivity contribution is 5.89. The minimum Gasteiger partial charge on any atom is -0.404 e. The van der Waals surface area contributed by atoms with Crippen LogP contribution in [0.3, 0.4) is 0 Å². The van der Waals surface area contributed by atoms with Crippen LogP contribution in [0.4, 0.5) is 23.7 Å². The number of aliphatic hydroxyl groups excluding tert-OH is 1. The van der Waals surface area contributed by atoms with Crippen LogP contribution in [0.1, 0.15) is 12.5 Å². The van der Waals surface area contributed by atoms with Crippen molar-refractivity contribution in [3.63, 3.8) is 0 Å². The number of halogens is 3. The molecule has 1 rings (SSSR count). The molecule has 0 heterocycles. The van der Waals surface area contributed by atoms with Crippen LogP contribution in [-0.2, 0) is 0 Å². The van der Waals surface area contributed by atoms with Gasteiger partial charge < -0.3 is 20.5 Å². The number of ether oxygens (including phenoxy) is 1. The zero-order valence-corrected chi connectivity index (χ0v) is 10.9. The fourth-order valence-corrected chi connectivity index (χ4v) is 1.32. The molecule has 1 aromatic carbocycles. The highest BCUT2D eigenvalue weighted by Crippen LogP contribution is 2.28. The summed E-state index contributed by atoms with van der Waals surface area (Å²) in [5.74, 6) is -0.653. The van der Waals surface area contributed by atoms with E-state index in [1.165, 1.54) is 6.92 Å². The topological polar surface area (TPSA) is 94.4 Å². The Morgan fingerprint density at radius 1 is 1.52 bits per heavy atom. The Bertz CT molecular complexity index is 553. The molecule has 0 fully saturated rings. The number of nitriles is 1. The third kappa shape index (κ3) is 6.01. The lowest BCUT2D eigenvalue weighted by Gasteiger charge is -2.12. The van der Waals surface area contributed by atoms with Crippen molar-refractivity contribution in [1.29, 1.82) is 5.26 Å². The maximum Gasteiger partial charge on any atom is 0.573 e. The minimum atomic E-state index is -4.91. The summed E-state index contributed by atoms with van der Waals surface area (Å²) in [5, 5.41) is 22.4.